The Morgan fingerprint density at radius 1 is 1.58 bits per heavy atom. The van der Waals surface area contributed by atoms with Gasteiger partial charge in [0.25, 0.3) is 0 Å². The molecule has 4 nitrogen and oxygen atoms in total. The van der Waals surface area contributed by atoms with E-state index in [1.165, 1.54) is 0 Å². The number of fused-ring (bicyclic) bond motifs is 1. The summed E-state index contributed by atoms with van der Waals surface area (Å²) in [4.78, 5) is 4.19. The molecule has 0 bridgehead atoms. The van der Waals surface area contributed by atoms with E-state index in [0.29, 0.717) is 0 Å². The quantitative estimate of drug-likeness (QED) is 0.756. The topological polar surface area (TPSA) is 50.8 Å². The third kappa shape index (κ3) is 1.06. The molecule has 5 heteroatoms. The third-order valence-corrected chi connectivity index (χ3v) is 1.97. The number of halogens is 1. The van der Waals surface area contributed by atoms with Gasteiger partial charge in [-0.3, -0.25) is 5.10 Å². The lowest BCUT2D eigenvalue weighted by Crippen LogP contribution is -1.86. The normalized spacial score (nSPS) is 10.5. The van der Waals surface area contributed by atoms with Crippen LogP contribution in [0.5, 0.6) is 5.75 Å². The average molecular weight is 228 g/mol. The van der Waals surface area contributed by atoms with E-state index < -0.39 is 0 Å². The van der Waals surface area contributed by atoms with Crippen LogP contribution < -0.4 is 4.74 Å². The number of H-pyrrole nitrogens is 1. The van der Waals surface area contributed by atoms with E-state index in [0.717, 1.165) is 21.4 Å². The van der Waals surface area contributed by atoms with Crippen LogP contribution in [0.1, 0.15) is 0 Å². The molecule has 1 N–H and O–H groups in total. The molecule has 0 fully saturated rings. The fourth-order valence-corrected chi connectivity index (χ4v) is 1.43. The van der Waals surface area contributed by atoms with Crippen LogP contribution in [0.15, 0.2) is 16.9 Å². The van der Waals surface area contributed by atoms with Gasteiger partial charge < -0.3 is 4.74 Å². The van der Waals surface area contributed by atoms with E-state index in [9.17, 15) is 0 Å². The van der Waals surface area contributed by atoms with E-state index in [2.05, 4.69) is 31.1 Å². The van der Waals surface area contributed by atoms with Gasteiger partial charge in [-0.05, 0) is 15.9 Å². The van der Waals surface area contributed by atoms with Crippen LogP contribution in [-0.2, 0) is 0 Å². The highest BCUT2D eigenvalue weighted by atomic mass is 79.9. The zero-order chi connectivity index (χ0) is 8.55. The summed E-state index contributed by atoms with van der Waals surface area (Å²) >= 11 is 3.28. The van der Waals surface area contributed by atoms with Crippen molar-refractivity contribution in [3.8, 4) is 5.75 Å². The smallest absolute Gasteiger partial charge is 0.148 e. The van der Waals surface area contributed by atoms with Crippen molar-refractivity contribution in [3.63, 3.8) is 0 Å². The first-order valence-electron chi connectivity index (χ1n) is 3.35. The summed E-state index contributed by atoms with van der Waals surface area (Å²) in [5, 5.41) is 6.67. The second kappa shape index (κ2) is 2.75. The minimum atomic E-state index is 0.740. The minimum absolute atomic E-state index is 0.740. The maximum Gasteiger partial charge on any atom is 0.148 e. The predicted molar refractivity (Wildman–Crippen MR) is 48.1 cm³/mol. The van der Waals surface area contributed by atoms with Gasteiger partial charge >= 0.3 is 0 Å². The SMILES string of the molecule is COc1cc(Br)nc2cn[nH]c12. The van der Waals surface area contributed by atoms with E-state index in [1.54, 1.807) is 19.4 Å². The summed E-state index contributed by atoms with van der Waals surface area (Å²) in [5.74, 6) is 0.740. The van der Waals surface area contributed by atoms with Gasteiger partial charge in [0.2, 0.25) is 0 Å². The molecule has 2 aromatic rings. The van der Waals surface area contributed by atoms with Gasteiger partial charge in [-0.15, -0.1) is 0 Å². The zero-order valence-electron chi connectivity index (χ0n) is 6.34. The molecule has 0 aliphatic carbocycles. The second-order valence-corrected chi connectivity index (χ2v) is 3.09. The van der Waals surface area contributed by atoms with Gasteiger partial charge in [0.05, 0.1) is 13.3 Å². The van der Waals surface area contributed by atoms with E-state index in [1.807, 2.05) is 0 Å². The number of nitrogens with one attached hydrogen (secondary N) is 1. The lowest BCUT2D eigenvalue weighted by molar-refractivity contribution is 0.418. The molecule has 0 aliphatic rings. The van der Waals surface area contributed by atoms with Crippen molar-refractivity contribution in [2.75, 3.05) is 7.11 Å². The van der Waals surface area contributed by atoms with E-state index in [-0.39, 0.29) is 0 Å². The second-order valence-electron chi connectivity index (χ2n) is 2.28. The maximum atomic E-state index is 5.13. The monoisotopic (exact) mass is 227 g/mol. The zero-order valence-corrected chi connectivity index (χ0v) is 7.92. The van der Waals surface area contributed by atoms with Gasteiger partial charge in [-0.1, -0.05) is 0 Å². The molecule has 0 saturated heterocycles. The standard InChI is InChI=1S/C7H6BrN3O/c1-12-5-2-6(8)10-4-3-9-11-7(4)5/h2-3H,1H3,(H,9,11). The molecule has 2 heterocycles. The molecular weight excluding hydrogens is 222 g/mol. The summed E-state index contributed by atoms with van der Waals surface area (Å²) < 4.78 is 5.87. The lowest BCUT2D eigenvalue weighted by atomic mass is 10.4. The molecule has 12 heavy (non-hydrogen) atoms. The Morgan fingerprint density at radius 3 is 3.17 bits per heavy atom. The van der Waals surface area contributed by atoms with Gasteiger partial charge in [0, 0.05) is 6.07 Å². The van der Waals surface area contributed by atoms with E-state index >= 15 is 0 Å². The number of aromatic amines is 1. The molecular formula is C7H6BrN3O. The Balaban J connectivity index is 2.80. The van der Waals surface area contributed by atoms with Crippen LogP contribution in [0.4, 0.5) is 0 Å². The number of pyridine rings is 1. The van der Waals surface area contributed by atoms with Gasteiger partial charge in [0.15, 0.2) is 0 Å². The predicted octanol–water partition coefficient (Wildman–Crippen LogP) is 1.73. The first-order chi connectivity index (χ1) is 5.81. The first kappa shape index (κ1) is 7.54. The summed E-state index contributed by atoms with van der Waals surface area (Å²) in [5.41, 5.74) is 1.61. The third-order valence-electron chi connectivity index (χ3n) is 1.56. The highest BCUT2D eigenvalue weighted by Crippen LogP contribution is 2.24. The summed E-state index contributed by atoms with van der Waals surface area (Å²) in [6, 6.07) is 1.79. The Bertz CT molecular complexity index is 412. The van der Waals surface area contributed by atoms with Gasteiger partial charge in [-0.25, -0.2) is 4.98 Å². The highest BCUT2D eigenvalue weighted by Gasteiger charge is 2.05. The van der Waals surface area contributed by atoms with Crippen molar-refractivity contribution in [1.82, 2.24) is 15.2 Å². The van der Waals surface area contributed by atoms with Crippen molar-refractivity contribution >= 4 is 27.0 Å². The Kier molecular flexibility index (Phi) is 1.73. The number of methoxy groups -OCH3 is 1. The van der Waals surface area contributed by atoms with Crippen molar-refractivity contribution in [2.24, 2.45) is 0 Å². The summed E-state index contributed by atoms with van der Waals surface area (Å²) in [7, 11) is 1.61. The molecule has 2 aromatic heterocycles. The molecule has 2 rings (SSSR count). The number of hydrogen-bond acceptors (Lipinski definition) is 3. The van der Waals surface area contributed by atoms with Crippen LogP contribution in [0, 0.1) is 0 Å². The minimum Gasteiger partial charge on any atom is -0.494 e. The van der Waals surface area contributed by atoms with Crippen molar-refractivity contribution in [1.29, 1.82) is 0 Å². The van der Waals surface area contributed by atoms with Crippen LogP contribution in [0.25, 0.3) is 11.0 Å². The Morgan fingerprint density at radius 2 is 2.42 bits per heavy atom. The molecule has 0 aromatic carbocycles. The molecule has 0 amide bonds. The molecule has 0 aliphatic heterocycles. The molecule has 0 radical (unpaired) electrons. The van der Waals surface area contributed by atoms with Crippen LogP contribution in [-0.4, -0.2) is 22.3 Å². The van der Waals surface area contributed by atoms with Crippen molar-refractivity contribution < 1.29 is 4.74 Å². The lowest BCUT2D eigenvalue weighted by Gasteiger charge is -2.00. The largest absolute Gasteiger partial charge is 0.494 e. The Hall–Kier alpha value is -1.10. The first-order valence-corrected chi connectivity index (χ1v) is 4.14. The highest BCUT2D eigenvalue weighted by molar-refractivity contribution is 9.10. The fourth-order valence-electron chi connectivity index (χ4n) is 1.03. The number of ether oxygens (including phenoxy) is 1. The maximum absolute atomic E-state index is 5.13. The number of aromatic nitrogens is 3. The van der Waals surface area contributed by atoms with Crippen molar-refractivity contribution in [3.05, 3.63) is 16.9 Å². The van der Waals surface area contributed by atoms with Gasteiger partial charge in [0.1, 0.15) is 21.4 Å². The fraction of sp³-hybridized carbons (Fsp3) is 0.143. The number of nitrogens with zero attached hydrogens (tertiary/aromatic N) is 2. The molecule has 0 spiro atoms. The van der Waals surface area contributed by atoms with Crippen molar-refractivity contribution in [2.45, 2.75) is 0 Å². The molecule has 62 valence electrons. The van der Waals surface area contributed by atoms with Crippen LogP contribution >= 0.6 is 15.9 Å². The van der Waals surface area contributed by atoms with Gasteiger partial charge in [-0.2, -0.15) is 5.10 Å². The molecule has 0 saturated carbocycles. The Labute approximate surface area is 77.1 Å². The average Bonchev–Trinajstić information content (AvgIpc) is 2.50. The van der Waals surface area contributed by atoms with Crippen LogP contribution in [0.3, 0.4) is 0 Å². The van der Waals surface area contributed by atoms with Crippen LogP contribution in [0.2, 0.25) is 0 Å². The molecule has 0 unspecified atom stereocenters. The molecule has 0 atom stereocenters. The van der Waals surface area contributed by atoms with E-state index in [4.69, 9.17) is 4.74 Å². The number of rotatable bonds is 1. The number of hydrogen-bond donors (Lipinski definition) is 1. The summed E-state index contributed by atoms with van der Waals surface area (Å²) in [6.07, 6.45) is 1.66. The summed E-state index contributed by atoms with van der Waals surface area (Å²) in [6.45, 7) is 0.